The Balaban J connectivity index is 2.11. The third kappa shape index (κ3) is 3.20. The van der Waals surface area contributed by atoms with Gasteiger partial charge in [-0.05, 0) is 30.0 Å². The lowest BCUT2D eigenvalue weighted by atomic mass is 9.99. The molecule has 94 valence electrons. The van der Waals surface area contributed by atoms with Crippen molar-refractivity contribution in [3.05, 3.63) is 47.4 Å². The van der Waals surface area contributed by atoms with Gasteiger partial charge < -0.3 is 4.74 Å². The zero-order valence-corrected chi connectivity index (χ0v) is 11.2. The van der Waals surface area contributed by atoms with Crippen LogP contribution in [0, 0.1) is 0 Å². The summed E-state index contributed by atoms with van der Waals surface area (Å²) in [5.74, 6) is 1.70. The molecule has 0 radical (unpaired) electrons. The van der Waals surface area contributed by atoms with Crippen LogP contribution in [0.3, 0.4) is 0 Å². The Kier molecular flexibility index (Phi) is 4.15. The van der Waals surface area contributed by atoms with E-state index in [9.17, 15) is 0 Å². The number of hydrogen-bond donors (Lipinski definition) is 0. The van der Waals surface area contributed by atoms with Gasteiger partial charge in [0.2, 0.25) is 5.88 Å². The molecule has 3 nitrogen and oxygen atoms in total. The van der Waals surface area contributed by atoms with Crippen LogP contribution in [0.25, 0.3) is 0 Å². The van der Waals surface area contributed by atoms with Crippen LogP contribution in [0.4, 0.5) is 0 Å². The van der Waals surface area contributed by atoms with Gasteiger partial charge in [-0.25, -0.2) is 0 Å². The maximum atomic E-state index is 5.74. The standard InChI is InChI=1S/C14H15ClN2O/c1-3-10(2)11-4-6-12(7-5-11)18-14-9-16-8-13(15)17-14/h4-10H,3H2,1-2H3. The van der Waals surface area contributed by atoms with Crippen LogP contribution in [0.1, 0.15) is 31.7 Å². The van der Waals surface area contributed by atoms with E-state index in [4.69, 9.17) is 16.3 Å². The SMILES string of the molecule is CCC(C)c1ccc(Oc2cncc(Cl)n2)cc1. The van der Waals surface area contributed by atoms with Gasteiger partial charge in [0.25, 0.3) is 0 Å². The molecule has 4 heteroatoms. The Bertz CT molecular complexity index is 513. The summed E-state index contributed by atoms with van der Waals surface area (Å²) in [7, 11) is 0. The molecule has 0 spiro atoms. The predicted octanol–water partition coefficient (Wildman–Crippen LogP) is 4.44. The lowest BCUT2D eigenvalue weighted by molar-refractivity contribution is 0.460. The Hall–Kier alpha value is -1.61. The highest BCUT2D eigenvalue weighted by Crippen LogP contribution is 2.24. The number of ether oxygens (including phenoxy) is 1. The molecule has 0 amide bonds. The highest BCUT2D eigenvalue weighted by molar-refractivity contribution is 6.29. The molecule has 0 saturated carbocycles. The fourth-order valence-electron chi connectivity index (χ4n) is 1.60. The molecule has 0 aliphatic carbocycles. The number of aromatic nitrogens is 2. The molecule has 0 N–H and O–H groups in total. The van der Waals surface area contributed by atoms with Crippen molar-refractivity contribution >= 4 is 11.6 Å². The number of rotatable bonds is 4. The average molecular weight is 263 g/mol. The molecular formula is C14H15ClN2O. The van der Waals surface area contributed by atoms with E-state index in [1.165, 1.54) is 18.0 Å². The molecule has 0 aliphatic heterocycles. The van der Waals surface area contributed by atoms with Crippen molar-refractivity contribution in [3.63, 3.8) is 0 Å². The van der Waals surface area contributed by atoms with E-state index in [0.717, 1.165) is 12.2 Å². The van der Waals surface area contributed by atoms with Gasteiger partial charge in [-0.2, -0.15) is 4.98 Å². The Morgan fingerprint density at radius 2 is 1.94 bits per heavy atom. The number of benzene rings is 1. The lowest BCUT2D eigenvalue weighted by Gasteiger charge is -2.10. The number of nitrogens with zero attached hydrogens (tertiary/aromatic N) is 2. The monoisotopic (exact) mass is 262 g/mol. The summed E-state index contributed by atoms with van der Waals surface area (Å²) in [6.07, 6.45) is 4.13. The smallest absolute Gasteiger partial charge is 0.239 e. The lowest BCUT2D eigenvalue weighted by Crippen LogP contribution is -1.92. The highest BCUT2D eigenvalue weighted by atomic mass is 35.5. The second kappa shape index (κ2) is 5.83. The zero-order valence-electron chi connectivity index (χ0n) is 10.4. The summed E-state index contributed by atoms with van der Waals surface area (Å²) >= 11 is 5.74. The molecule has 2 aromatic rings. The largest absolute Gasteiger partial charge is 0.437 e. The third-order valence-electron chi connectivity index (χ3n) is 2.87. The summed E-state index contributed by atoms with van der Waals surface area (Å²) in [6, 6.07) is 8.01. The van der Waals surface area contributed by atoms with Crippen molar-refractivity contribution in [1.29, 1.82) is 0 Å². The van der Waals surface area contributed by atoms with E-state index >= 15 is 0 Å². The van der Waals surface area contributed by atoms with E-state index in [0.29, 0.717) is 17.0 Å². The quantitative estimate of drug-likeness (QED) is 0.817. The van der Waals surface area contributed by atoms with Gasteiger partial charge in [0, 0.05) is 0 Å². The van der Waals surface area contributed by atoms with Crippen molar-refractivity contribution in [2.45, 2.75) is 26.2 Å². The van der Waals surface area contributed by atoms with Gasteiger partial charge in [0.1, 0.15) is 5.75 Å². The number of halogens is 1. The molecule has 2 rings (SSSR count). The predicted molar refractivity (Wildman–Crippen MR) is 72.3 cm³/mol. The van der Waals surface area contributed by atoms with E-state index in [1.54, 1.807) is 0 Å². The molecule has 1 unspecified atom stereocenters. The van der Waals surface area contributed by atoms with E-state index in [2.05, 4.69) is 35.9 Å². The number of hydrogen-bond acceptors (Lipinski definition) is 3. The van der Waals surface area contributed by atoms with Gasteiger partial charge in [-0.1, -0.05) is 37.6 Å². The van der Waals surface area contributed by atoms with Gasteiger partial charge in [-0.15, -0.1) is 0 Å². The minimum atomic E-state index is 0.323. The summed E-state index contributed by atoms with van der Waals surface area (Å²) in [5, 5.41) is 0.323. The van der Waals surface area contributed by atoms with E-state index < -0.39 is 0 Å². The van der Waals surface area contributed by atoms with Gasteiger partial charge >= 0.3 is 0 Å². The summed E-state index contributed by atoms with van der Waals surface area (Å²) < 4.78 is 5.57. The van der Waals surface area contributed by atoms with Gasteiger partial charge in [0.05, 0.1) is 12.4 Å². The molecule has 1 heterocycles. The summed E-state index contributed by atoms with van der Waals surface area (Å²) in [5.41, 5.74) is 1.31. The van der Waals surface area contributed by atoms with Crippen LogP contribution in [0.15, 0.2) is 36.7 Å². The fraction of sp³-hybridized carbons (Fsp3) is 0.286. The zero-order chi connectivity index (χ0) is 13.0. The molecule has 0 saturated heterocycles. The summed E-state index contributed by atoms with van der Waals surface area (Å²) in [6.45, 7) is 4.38. The van der Waals surface area contributed by atoms with Crippen LogP contribution < -0.4 is 4.74 Å². The fourth-order valence-corrected chi connectivity index (χ4v) is 1.74. The topological polar surface area (TPSA) is 35.0 Å². The first-order chi connectivity index (χ1) is 8.69. The van der Waals surface area contributed by atoms with Crippen LogP contribution in [-0.4, -0.2) is 9.97 Å². The van der Waals surface area contributed by atoms with E-state index in [1.807, 2.05) is 12.1 Å². The molecule has 1 atom stereocenters. The maximum absolute atomic E-state index is 5.74. The molecular weight excluding hydrogens is 248 g/mol. The molecule has 0 bridgehead atoms. The van der Waals surface area contributed by atoms with Crippen molar-refractivity contribution in [2.24, 2.45) is 0 Å². The van der Waals surface area contributed by atoms with Crippen molar-refractivity contribution in [1.82, 2.24) is 9.97 Å². The van der Waals surface area contributed by atoms with Crippen molar-refractivity contribution < 1.29 is 4.74 Å². The van der Waals surface area contributed by atoms with Crippen LogP contribution in [-0.2, 0) is 0 Å². The molecule has 1 aromatic heterocycles. The molecule has 1 aromatic carbocycles. The van der Waals surface area contributed by atoms with E-state index in [-0.39, 0.29) is 0 Å². The highest BCUT2D eigenvalue weighted by Gasteiger charge is 2.04. The van der Waals surface area contributed by atoms with Gasteiger partial charge in [0.15, 0.2) is 5.15 Å². The molecule has 18 heavy (non-hydrogen) atoms. The minimum Gasteiger partial charge on any atom is -0.437 e. The first-order valence-corrected chi connectivity index (χ1v) is 6.32. The van der Waals surface area contributed by atoms with Crippen LogP contribution in [0.5, 0.6) is 11.6 Å². The van der Waals surface area contributed by atoms with Crippen molar-refractivity contribution in [3.8, 4) is 11.6 Å². The van der Waals surface area contributed by atoms with Crippen LogP contribution in [0.2, 0.25) is 5.15 Å². The second-order valence-electron chi connectivity index (χ2n) is 4.16. The second-order valence-corrected chi connectivity index (χ2v) is 4.55. The average Bonchev–Trinajstić information content (AvgIpc) is 2.39. The first-order valence-electron chi connectivity index (χ1n) is 5.94. The van der Waals surface area contributed by atoms with Gasteiger partial charge in [-0.3, -0.25) is 4.98 Å². The molecule has 0 fully saturated rings. The van der Waals surface area contributed by atoms with Crippen LogP contribution >= 0.6 is 11.6 Å². The summed E-state index contributed by atoms with van der Waals surface area (Å²) in [4.78, 5) is 7.94. The third-order valence-corrected chi connectivity index (χ3v) is 3.05. The first kappa shape index (κ1) is 12.8. The Morgan fingerprint density at radius 1 is 1.22 bits per heavy atom. The maximum Gasteiger partial charge on any atom is 0.239 e. The minimum absolute atomic E-state index is 0.323. The Labute approximate surface area is 112 Å². The normalized spacial score (nSPS) is 12.2. The molecule has 0 aliphatic rings. The van der Waals surface area contributed by atoms with Crippen molar-refractivity contribution in [2.75, 3.05) is 0 Å². The Morgan fingerprint density at radius 3 is 2.56 bits per heavy atom.